The van der Waals surface area contributed by atoms with Crippen molar-refractivity contribution in [1.29, 1.82) is 0 Å². The van der Waals surface area contributed by atoms with E-state index in [0.717, 1.165) is 0 Å². The molecule has 0 aliphatic carbocycles. The van der Waals surface area contributed by atoms with Gasteiger partial charge in [-0.3, -0.25) is 9.36 Å². The van der Waals surface area contributed by atoms with Crippen molar-refractivity contribution < 1.29 is 4.52 Å². The van der Waals surface area contributed by atoms with Crippen LogP contribution in [0.25, 0.3) is 0 Å². The predicted octanol–water partition coefficient (Wildman–Crippen LogP) is 0.746. The lowest BCUT2D eigenvalue weighted by molar-refractivity contribution is 0.407. The normalized spacial score (nSPS) is 10.5. The van der Waals surface area contributed by atoms with E-state index in [2.05, 4.69) is 35.6 Å². The van der Waals surface area contributed by atoms with Crippen LogP contribution in [0.2, 0.25) is 0 Å². The molecule has 0 amide bonds. The second-order valence-electron chi connectivity index (χ2n) is 2.92. The molecule has 0 radical (unpaired) electrons. The summed E-state index contributed by atoms with van der Waals surface area (Å²) in [7, 11) is 0. The van der Waals surface area contributed by atoms with Gasteiger partial charge in [-0.15, -0.1) is 0 Å². The summed E-state index contributed by atoms with van der Waals surface area (Å²) < 4.78 is 6.43. The third-order valence-electron chi connectivity index (χ3n) is 1.88. The molecule has 0 saturated carbocycles. The summed E-state index contributed by atoms with van der Waals surface area (Å²) in [4.78, 5) is 19.6. The highest BCUT2D eigenvalue weighted by Crippen LogP contribution is 2.06. The van der Waals surface area contributed by atoms with Crippen molar-refractivity contribution in [2.24, 2.45) is 0 Å². The molecule has 0 spiro atoms. The molecule has 0 fully saturated rings. The molecule has 2 aromatic heterocycles. The van der Waals surface area contributed by atoms with Gasteiger partial charge in [0.2, 0.25) is 6.39 Å². The number of aromatic nitrogens is 4. The van der Waals surface area contributed by atoms with Crippen molar-refractivity contribution in [2.45, 2.75) is 13.5 Å². The van der Waals surface area contributed by atoms with Gasteiger partial charge in [0.15, 0.2) is 5.82 Å². The van der Waals surface area contributed by atoms with E-state index in [1.807, 2.05) is 0 Å². The summed E-state index contributed by atoms with van der Waals surface area (Å²) in [5, 5.41) is 3.62. The Morgan fingerprint density at radius 1 is 1.53 bits per heavy atom. The summed E-state index contributed by atoms with van der Waals surface area (Å²) in [6, 6.07) is 0. The molecule has 6 nitrogen and oxygen atoms in total. The lowest BCUT2D eigenvalue weighted by Gasteiger charge is -2.03. The Hall–Kier alpha value is -1.50. The molecule has 0 bridgehead atoms. The third kappa shape index (κ3) is 1.96. The van der Waals surface area contributed by atoms with Gasteiger partial charge in [0.05, 0.1) is 18.6 Å². The van der Waals surface area contributed by atoms with Gasteiger partial charge in [0.25, 0.3) is 5.56 Å². The Bertz CT molecular complexity index is 520. The molecule has 0 aliphatic rings. The van der Waals surface area contributed by atoms with Crippen molar-refractivity contribution in [1.82, 2.24) is 19.7 Å². The molecule has 0 atom stereocenters. The molecule has 0 N–H and O–H groups in total. The van der Waals surface area contributed by atoms with Gasteiger partial charge in [0, 0.05) is 0 Å². The summed E-state index contributed by atoms with van der Waals surface area (Å²) in [6.45, 7) is 2.01. The van der Waals surface area contributed by atoms with Gasteiger partial charge in [-0.2, -0.15) is 4.98 Å². The van der Waals surface area contributed by atoms with E-state index in [9.17, 15) is 4.79 Å². The van der Waals surface area contributed by atoms with Gasteiger partial charge >= 0.3 is 0 Å². The highest BCUT2D eigenvalue weighted by Gasteiger charge is 2.07. The lowest BCUT2D eigenvalue weighted by Crippen LogP contribution is -2.23. The molecule has 15 heavy (non-hydrogen) atoms. The highest BCUT2D eigenvalue weighted by molar-refractivity contribution is 9.10. The summed E-state index contributed by atoms with van der Waals surface area (Å²) in [6.07, 6.45) is 2.68. The van der Waals surface area contributed by atoms with Crippen LogP contribution >= 0.6 is 15.9 Å². The fraction of sp³-hybridized carbons (Fsp3) is 0.250. The summed E-state index contributed by atoms with van der Waals surface area (Å²) >= 11 is 3.17. The standard InChI is InChI=1S/C8H7BrN4O2/c1-5-7(9)8(14)13(3-10-5)2-6-11-4-15-12-6/h3-4H,2H2,1H3. The second kappa shape index (κ2) is 3.93. The van der Waals surface area contributed by atoms with Gasteiger partial charge < -0.3 is 4.52 Å². The second-order valence-corrected chi connectivity index (χ2v) is 3.72. The maximum absolute atomic E-state index is 11.7. The molecule has 0 aliphatic heterocycles. The van der Waals surface area contributed by atoms with Crippen LogP contribution in [0.15, 0.2) is 26.5 Å². The largest absolute Gasteiger partial charge is 0.343 e. The minimum absolute atomic E-state index is 0.160. The van der Waals surface area contributed by atoms with Crippen LogP contribution in [-0.2, 0) is 6.54 Å². The average Bonchev–Trinajstić information content (AvgIpc) is 2.72. The first-order valence-electron chi connectivity index (χ1n) is 4.15. The van der Waals surface area contributed by atoms with Gasteiger partial charge in [0.1, 0.15) is 4.47 Å². The Balaban J connectivity index is 2.38. The maximum atomic E-state index is 11.7. The molecule has 7 heteroatoms. The van der Waals surface area contributed by atoms with Crippen LogP contribution in [0.4, 0.5) is 0 Å². The molecule has 2 heterocycles. The minimum atomic E-state index is -0.160. The van der Waals surface area contributed by atoms with Crippen LogP contribution in [-0.4, -0.2) is 19.7 Å². The smallest absolute Gasteiger partial charge is 0.268 e. The number of hydrogen-bond acceptors (Lipinski definition) is 5. The first-order valence-corrected chi connectivity index (χ1v) is 4.94. The fourth-order valence-electron chi connectivity index (χ4n) is 1.07. The van der Waals surface area contributed by atoms with Gasteiger partial charge in [-0.1, -0.05) is 5.16 Å². The zero-order chi connectivity index (χ0) is 10.8. The molecule has 78 valence electrons. The third-order valence-corrected chi connectivity index (χ3v) is 2.79. The molecule has 2 rings (SSSR count). The number of nitrogens with zero attached hydrogens (tertiary/aromatic N) is 4. The first-order chi connectivity index (χ1) is 7.18. The SMILES string of the molecule is Cc1ncn(Cc2ncon2)c(=O)c1Br. The topological polar surface area (TPSA) is 73.8 Å². The van der Waals surface area contributed by atoms with Crippen molar-refractivity contribution in [2.75, 3.05) is 0 Å². The van der Waals surface area contributed by atoms with Crippen LogP contribution in [0.1, 0.15) is 11.5 Å². The number of hydrogen-bond donors (Lipinski definition) is 0. The van der Waals surface area contributed by atoms with E-state index in [0.29, 0.717) is 16.0 Å². The van der Waals surface area contributed by atoms with Gasteiger partial charge in [-0.05, 0) is 22.9 Å². The van der Waals surface area contributed by atoms with Crippen LogP contribution in [0.3, 0.4) is 0 Å². The lowest BCUT2D eigenvalue weighted by atomic mass is 10.4. The Kier molecular flexibility index (Phi) is 2.63. The van der Waals surface area contributed by atoms with Crippen molar-refractivity contribution in [3.63, 3.8) is 0 Å². The highest BCUT2D eigenvalue weighted by atomic mass is 79.9. The van der Waals surface area contributed by atoms with E-state index in [1.165, 1.54) is 17.3 Å². The molecule has 0 unspecified atom stereocenters. The summed E-state index contributed by atoms with van der Waals surface area (Å²) in [5.41, 5.74) is 0.497. The monoisotopic (exact) mass is 270 g/mol. The van der Waals surface area contributed by atoms with Crippen molar-refractivity contribution in [3.05, 3.63) is 39.1 Å². The van der Waals surface area contributed by atoms with Crippen LogP contribution in [0.5, 0.6) is 0 Å². The molecular weight excluding hydrogens is 264 g/mol. The van der Waals surface area contributed by atoms with E-state index >= 15 is 0 Å². The quantitative estimate of drug-likeness (QED) is 0.805. The molecule has 0 aromatic carbocycles. The zero-order valence-electron chi connectivity index (χ0n) is 7.85. The molecule has 0 saturated heterocycles. The van der Waals surface area contributed by atoms with E-state index in [1.54, 1.807) is 6.92 Å². The van der Waals surface area contributed by atoms with E-state index in [4.69, 9.17) is 0 Å². The Labute approximate surface area is 93.1 Å². The van der Waals surface area contributed by atoms with Crippen molar-refractivity contribution >= 4 is 15.9 Å². The number of halogens is 1. The van der Waals surface area contributed by atoms with Crippen molar-refractivity contribution in [3.8, 4) is 0 Å². The maximum Gasteiger partial charge on any atom is 0.268 e. The Morgan fingerprint density at radius 2 is 2.33 bits per heavy atom. The predicted molar refractivity (Wildman–Crippen MR) is 54.3 cm³/mol. The number of aryl methyl sites for hydroxylation is 1. The fourth-order valence-corrected chi connectivity index (χ4v) is 1.40. The Morgan fingerprint density at radius 3 is 3.00 bits per heavy atom. The van der Waals surface area contributed by atoms with Crippen LogP contribution in [0, 0.1) is 6.92 Å². The molecular formula is C8H7BrN4O2. The minimum Gasteiger partial charge on any atom is -0.343 e. The van der Waals surface area contributed by atoms with E-state index in [-0.39, 0.29) is 12.1 Å². The van der Waals surface area contributed by atoms with Crippen LogP contribution < -0.4 is 5.56 Å². The van der Waals surface area contributed by atoms with E-state index < -0.39 is 0 Å². The zero-order valence-corrected chi connectivity index (χ0v) is 9.43. The summed E-state index contributed by atoms with van der Waals surface area (Å²) in [5.74, 6) is 0.439. The number of rotatable bonds is 2. The van der Waals surface area contributed by atoms with Gasteiger partial charge in [-0.25, -0.2) is 4.98 Å². The molecule has 2 aromatic rings. The average molecular weight is 271 g/mol. The first kappa shape index (κ1) is 10.0.